The van der Waals surface area contributed by atoms with Crippen LogP contribution in [0.15, 0.2) is 65.9 Å². The van der Waals surface area contributed by atoms with Crippen molar-refractivity contribution in [3.63, 3.8) is 0 Å². The molecule has 3 aromatic heterocycles. The van der Waals surface area contributed by atoms with Gasteiger partial charge in [-0.15, -0.1) is 11.3 Å². The van der Waals surface area contributed by atoms with Crippen molar-refractivity contribution in [2.45, 2.75) is 26.0 Å². The van der Waals surface area contributed by atoms with Gasteiger partial charge in [-0.2, -0.15) is 10.1 Å². The van der Waals surface area contributed by atoms with Gasteiger partial charge in [0.1, 0.15) is 0 Å². The average molecular weight is 561 g/mol. The van der Waals surface area contributed by atoms with Crippen LogP contribution in [0.5, 0.6) is 0 Å². The molecule has 10 heteroatoms. The van der Waals surface area contributed by atoms with E-state index in [1.165, 1.54) is 16.9 Å². The van der Waals surface area contributed by atoms with Crippen LogP contribution in [0.2, 0.25) is 5.02 Å². The largest absolute Gasteiger partial charge is 0.385 e. The van der Waals surface area contributed by atoms with Gasteiger partial charge in [0.15, 0.2) is 5.82 Å². The van der Waals surface area contributed by atoms with Crippen molar-refractivity contribution in [1.29, 1.82) is 0 Å². The van der Waals surface area contributed by atoms with Gasteiger partial charge in [0, 0.05) is 52.2 Å². The van der Waals surface area contributed by atoms with Crippen LogP contribution in [-0.4, -0.2) is 52.2 Å². The monoisotopic (exact) mass is 560 g/mol. The van der Waals surface area contributed by atoms with E-state index in [1.54, 1.807) is 20.1 Å². The van der Waals surface area contributed by atoms with Crippen LogP contribution >= 0.6 is 22.9 Å². The number of para-hydroxylation sites is 1. The molecule has 0 bridgehead atoms. The molecule has 2 N–H and O–H groups in total. The molecule has 1 fully saturated rings. The van der Waals surface area contributed by atoms with Gasteiger partial charge in [-0.1, -0.05) is 41.9 Å². The van der Waals surface area contributed by atoms with E-state index in [2.05, 4.69) is 38.3 Å². The van der Waals surface area contributed by atoms with Crippen molar-refractivity contribution >= 4 is 62.0 Å². The number of thiophene rings is 1. The first-order chi connectivity index (χ1) is 18.8. The number of anilines is 2. The molecule has 0 spiro atoms. The number of aromatic nitrogens is 3. The first kappa shape index (κ1) is 25.8. The third-order valence-electron chi connectivity index (χ3n) is 6.72. The second-order valence-electron chi connectivity index (χ2n) is 10.1. The van der Waals surface area contributed by atoms with E-state index in [0.29, 0.717) is 19.2 Å². The molecule has 1 aliphatic rings. The number of morpholine rings is 1. The van der Waals surface area contributed by atoms with Crippen LogP contribution in [0.25, 0.3) is 21.1 Å². The van der Waals surface area contributed by atoms with Crippen LogP contribution in [0.3, 0.4) is 0 Å². The van der Waals surface area contributed by atoms with Gasteiger partial charge in [-0.05, 0) is 43.7 Å². The maximum absolute atomic E-state index is 10.6. The third-order valence-corrected chi connectivity index (χ3v) is 8.41. The highest BCUT2D eigenvalue weighted by atomic mass is 35.5. The molecule has 0 aliphatic carbocycles. The lowest BCUT2D eigenvalue weighted by atomic mass is 10.1. The number of benzene rings is 2. The molecule has 4 heterocycles. The van der Waals surface area contributed by atoms with E-state index in [-0.39, 0.29) is 0 Å². The highest BCUT2D eigenvalue weighted by molar-refractivity contribution is 7.19. The standard InChI is InChI=1S/C29H29ClN6O2S/c1-29(2,37)25-15-23-26(39-25)27(35-11-13-38-14-12-35)33-28(32-23)34-31-16-20-18-36(24-6-4-3-5-22(20)24)17-19-7-9-21(30)10-8-19/h3-10,15-16,18,37H,11-14,17H2,1-2H3,(H,32,33,34)/b31-16+. The molecule has 6 rings (SSSR count). The van der Waals surface area contributed by atoms with E-state index in [9.17, 15) is 5.11 Å². The van der Waals surface area contributed by atoms with Crippen LogP contribution < -0.4 is 10.3 Å². The van der Waals surface area contributed by atoms with Crippen molar-refractivity contribution in [2.75, 3.05) is 36.6 Å². The van der Waals surface area contributed by atoms with Crippen molar-refractivity contribution in [2.24, 2.45) is 5.10 Å². The van der Waals surface area contributed by atoms with Crippen LogP contribution in [0.1, 0.15) is 29.9 Å². The highest BCUT2D eigenvalue weighted by Crippen LogP contribution is 2.37. The molecule has 0 atom stereocenters. The first-order valence-corrected chi connectivity index (χ1v) is 14.0. The highest BCUT2D eigenvalue weighted by Gasteiger charge is 2.24. The molecule has 39 heavy (non-hydrogen) atoms. The molecule has 0 amide bonds. The summed E-state index contributed by atoms with van der Waals surface area (Å²) in [6.45, 7) is 7.09. The Balaban J connectivity index is 1.30. The van der Waals surface area contributed by atoms with Crippen molar-refractivity contribution in [3.05, 3.63) is 81.8 Å². The quantitative estimate of drug-likeness (QED) is 0.191. The van der Waals surface area contributed by atoms with Crippen LogP contribution in [0.4, 0.5) is 11.8 Å². The predicted octanol–water partition coefficient (Wildman–Crippen LogP) is 5.86. The second kappa shape index (κ2) is 10.6. The number of nitrogens with one attached hydrogen (secondary N) is 1. The zero-order valence-electron chi connectivity index (χ0n) is 21.8. The number of hydrogen-bond acceptors (Lipinski definition) is 8. The minimum atomic E-state index is -0.959. The second-order valence-corrected chi connectivity index (χ2v) is 11.6. The molecule has 8 nitrogen and oxygen atoms in total. The maximum Gasteiger partial charge on any atom is 0.246 e. The molecular formula is C29H29ClN6O2S. The lowest BCUT2D eigenvalue weighted by molar-refractivity contribution is 0.0826. The number of nitrogens with zero attached hydrogens (tertiary/aromatic N) is 5. The number of ether oxygens (including phenoxy) is 1. The number of aliphatic hydroxyl groups is 1. The van der Waals surface area contributed by atoms with Gasteiger partial charge in [0.05, 0.1) is 35.2 Å². The zero-order chi connectivity index (χ0) is 27.0. The first-order valence-electron chi connectivity index (χ1n) is 12.8. The van der Waals surface area contributed by atoms with Gasteiger partial charge >= 0.3 is 0 Å². The summed E-state index contributed by atoms with van der Waals surface area (Å²) in [4.78, 5) is 12.6. The summed E-state index contributed by atoms with van der Waals surface area (Å²) in [6, 6.07) is 18.1. The van der Waals surface area contributed by atoms with Gasteiger partial charge in [-0.3, -0.25) is 0 Å². The maximum atomic E-state index is 10.6. The predicted molar refractivity (Wildman–Crippen MR) is 159 cm³/mol. The minimum Gasteiger partial charge on any atom is -0.385 e. The number of rotatable bonds is 7. The van der Waals surface area contributed by atoms with Crippen molar-refractivity contribution in [3.8, 4) is 0 Å². The van der Waals surface area contributed by atoms with E-state index >= 15 is 0 Å². The molecule has 0 saturated carbocycles. The number of halogens is 1. The summed E-state index contributed by atoms with van der Waals surface area (Å²) in [5.41, 5.74) is 6.15. The number of hydrazone groups is 1. The molecule has 1 saturated heterocycles. The SMILES string of the molecule is CC(C)(O)c1cc2nc(N/N=C/c3cn(Cc4ccc(Cl)cc4)c4ccccc34)nc(N3CCOCC3)c2s1. The molecule has 0 radical (unpaired) electrons. The molecule has 200 valence electrons. The Hall–Kier alpha value is -3.50. The van der Waals surface area contributed by atoms with E-state index in [4.69, 9.17) is 26.3 Å². The Kier molecular flexibility index (Phi) is 6.99. The smallest absolute Gasteiger partial charge is 0.246 e. The summed E-state index contributed by atoms with van der Waals surface area (Å²) in [7, 11) is 0. The summed E-state index contributed by atoms with van der Waals surface area (Å²) in [5, 5.41) is 17.0. The molecule has 1 aliphatic heterocycles. The normalized spacial score (nSPS) is 14.6. The van der Waals surface area contributed by atoms with Crippen LogP contribution in [-0.2, 0) is 16.9 Å². The van der Waals surface area contributed by atoms with Gasteiger partial charge in [0.2, 0.25) is 5.95 Å². The van der Waals surface area contributed by atoms with E-state index in [1.807, 2.05) is 42.5 Å². The summed E-state index contributed by atoms with van der Waals surface area (Å²) in [6.07, 6.45) is 3.90. The molecule has 5 aromatic rings. The van der Waals surface area contributed by atoms with Crippen molar-refractivity contribution < 1.29 is 9.84 Å². The lowest BCUT2D eigenvalue weighted by Gasteiger charge is -2.28. The topological polar surface area (TPSA) is 87.8 Å². The Morgan fingerprint density at radius 3 is 2.67 bits per heavy atom. The molecular weight excluding hydrogens is 532 g/mol. The fourth-order valence-electron chi connectivity index (χ4n) is 4.71. The van der Waals surface area contributed by atoms with Gasteiger partial charge in [-0.25, -0.2) is 10.4 Å². The zero-order valence-corrected chi connectivity index (χ0v) is 23.3. The molecule has 2 aromatic carbocycles. The Morgan fingerprint density at radius 2 is 1.90 bits per heavy atom. The van der Waals surface area contributed by atoms with Crippen LogP contribution in [0, 0.1) is 0 Å². The Morgan fingerprint density at radius 1 is 1.13 bits per heavy atom. The third kappa shape index (κ3) is 5.49. The van der Waals surface area contributed by atoms with Gasteiger partial charge in [0.25, 0.3) is 0 Å². The van der Waals surface area contributed by atoms with Gasteiger partial charge < -0.3 is 19.3 Å². The number of fused-ring (bicyclic) bond motifs is 2. The average Bonchev–Trinajstić information content (AvgIpc) is 3.52. The lowest BCUT2D eigenvalue weighted by Crippen LogP contribution is -2.36. The van der Waals surface area contributed by atoms with E-state index in [0.717, 1.165) is 62.0 Å². The Bertz CT molecular complexity index is 1650. The summed E-state index contributed by atoms with van der Waals surface area (Å²) >= 11 is 7.59. The fourth-order valence-corrected chi connectivity index (χ4v) is 5.95. The Labute approximate surface area is 235 Å². The summed E-state index contributed by atoms with van der Waals surface area (Å²) < 4.78 is 8.71. The molecule has 0 unspecified atom stereocenters. The minimum absolute atomic E-state index is 0.408. The summed E-state index contributed by atoms with van der Waals surface area (Å²) in [5.74, 6) is 1.24. The van der Waals surface area contributed by atoms with Crippen molar-refractivity contribution in [1.82, 2.24) is 14.5 Å². The number of hydrogen-bond donors (Lipinski definition) is 2. The van der Waals surface area contributed by atoms with E-state index < -0.39 is 5.60 Å². The fraction of sp³-hybridized carbons (Fsp3) is 0.276.